The zero-order chi connectivity index (χ0) is 15.0. The molecule has 1 unspecified atom stereocenters. The van der Waals surface area contributed by atoms with E-state index in [1.54, 1.807) is 6.08 Å². The van der Waals surface area contributed by atoms with Crippen LogP contribution in [0.25, 0.3) is 0 Å². The van der Waals surface area contributed by atoms with Crippen LogP contribution in [-0.4, -0.2) is 28.9 Å². The number of aromatic hydroxyl groups is 1. The number of unbranched alkanes of at least 4 members (excludes halogenated alkanes) is 1. The van der Waals surface area contributed by atoms with Crippen molar-refractivity contribution >= 4 is 11.5 Å². The first kappa shape index (κ1) is 16.2. The molecule has 0 saturated carbocycles. The maximum atomic E-state index is 11.8. The molecule has 0 fully saturated rings. The number of ether oxygens (including phenoxy) is 1. The van der Waals surface area contributed by atoms with Crippen LogP contribution in [0.15, 0.2) is 30.4 Å². The van der Waals surface area contributed by atoms with Gasteiger partial charge in [-0.15, -0.1) is 0 Å². The Morgan fingerprint density at radius 2 is 2.25 bits per heavy atom. The Hall–Kier alpha value is -1.85. The lowest BCUT2D eigenvalue weighted by molar-refractivity contribution is -0.0648. The van der Waals surface area contributed by atoms with E-state index < -0.39 is 6.29 Å². The first-order valence-electron chi connectivity index (χ1n) is 6.62. The van der Waals surface area contributed by atoms with Gasteiger partial charge >= 0.3 is 0 Å². The van der Waals surface area contributed by atoms with E-state index >= 15 is 0 Å². The van der Waals surface area contributed by atoms with Gasteiger partial charge in [-0.1, -0.05) is 19.4 Å². The molecule has 1 atom stereocenters. The number of carbonyl (C=O) groups is 1. The van der Waals surface area contributed by atoms with Gasteiger partial charge in [-0.25, -0.2) is 0 Å². The van der Waals surface area contributed by atoms with Crippen molar-refractivity contribution in [2.75, 3.05) is 12.3 Å². The van der Waals surface area contributed by atoms with Gasteiger partial charge in [0.25, 0.3) is 0 Å². The standard InChI is InChI=1S/C15H21NO4/c1-2-3-9-20-15(19)6-4-5-13(17)11-7-8-14(18)12(16)10-11/h4,6-8,10,15,18-19H,2-3,5,9,16H2,1H3. The Bertz CT molecular complexity index is 471. The maximum absolute atomic E-state index is 11.8. The number of anilines is 1. The SMILES string of the molecule is CCCCOC(O)C=CCC(=O)c1ccc(O)c(N)c1. The van der Waals surface area contributed by atoms with Crippen molar-refractivity contribution in [2.45, 2.75) is 32.5 Å². The number of aliphatic hydroxyl groups excluding tert-OH is 1. The molecule has 0 radical (unpaired) electrons. The third kappa shape index (κ3) is 5.42. The van der Waals surface area contributed by atoms with Crippen molar-refractivity contribution in [3.05, 3.63) is 35.9 Å². The minimum Gasteiger partial charge on any atom is -0.506 e. The van der Waals surface area contributed by atoms with Crippen molar-refractivity contribution in [3.8, 4) is 5.75 Å². The smallest absolute Gasteiger partial charge is 0.174 e. The molecule has 1 rings (SSSR count). The Kier molecular flexibility index (Phi) is 6.76. The van der Waals surface area contributed by atoms with Crippen LogP contribution >= 0.6 is 0 Å². The maximum Gasteiger partial charge on any atom is 0.174 e. The molecular formula is C15H21NO4. The summed E-state index contributed by atoms with van der Waals surface area (Å²) in [5.74, 6) is -0.189. The highest BCUT2D eigenvalue weighted by atomic mass is 16.6. The highest BCUT2D eigenvalue weighted by molar-refractivity contribution is 5.98. The van der Waals surface area contributed by atoms with Crippen LogP contribution in [-0.2, 0) is 4.74 Å². The number of phenols is 1. The topological polar surface area (TPSA) is 92.8 Å². The highest BCUT2D eigenvalue weighted by Gasteiger charge is 2.06. The number of carbonyl (C=O) groups excluding carboxylic acids is 1. The molecule has 0 aliphatic carbocycles. The Balaban J connectivity index is 2.44. The Labute approximate surface area is 118 Å². The third-order valence-electron chi connectivity index (χ3n) is 2.74. The quantitative estimate of drug-likeness (QED) is 0.169. The van der Waals surface area contributed by atoms with Gasteiger partial charge in [0.15, 0.2) is 12.1 Å². The van der Waals surface area contributed by atoms with Crippen LogP contribution in [0.3, 0.4) is 0 Å². The molecule has 0 heterocycles. The summed E-state index contributed by atoms with van der Waals surface area (Å²) in [5, 5.41) is 18.7. The summed E-state index contributed by atoms with van der Waals surface area (Å²) in [4.78, 5) is 11.8. The number of benzene rings is 1. The van der Waals surface area contributed by atoms with Gasteiger partial charge in [0.05, 0.1) is 12.3 Å². The summed E-state index contributed by atoms with van der Waals surface area (Å²) in [6, 6.07) is 4.32. The molecule has 0 aliphatic rings. The molecule has 0 aromatic heterocycles. The van der Waals surface area contributed by atoms with E-state index in [1.165, 1.54) is 24.3 Å². The number of aliphatic hydroxyl groups is 1. The van der Waals surface area contributed by atoms with Gasteiger partial charge < -0.3 is 20.7 Å². The second-order valence-corrected chi connectivity index (χ2v) is 4.44. The minimum absolute atomic E-state index is 0.0446. The fourth-order valence-electron chi connectivity index (χ4n) is 1.54. The molecule has 0 spiro atoms. The molecule has 4 N–H and O–H groups in total. The van der Waals surface area contributed by atoms with E-state index in [-0.39, 0.29) is 23.6 Å². The molecule has 20 heavy (non-hydrogen) atoms. The molecule has 5 heteroatoms. The van der Waals surface area contributed by atoms with Crippen LogP contribution < -0.4 is 5.73 Å². The number of rotatable bonds is 8. The highest BCUT2D eigenvalue weighted by Crippen LogP contribution is 2.21. The molecular weight excluding hydrogens is 258 g/mol. The van der Waals surface area contributed by atoms with Crippen molar-refractivity contribution in [1.82, 2.24) is 0 Å². The summed E-state index contributed by atoms with van der Waals surface area (Å²) < 4.78 is 5.11. The van der Waals surface area contributed by atoms with Crippen LogP contribution in [0, 0.1) is 0 Å². The predicted molar refractivity (Wildman–Crippen MR) is 77.5 cm³/mol. The molecule has 1 aromatic rings. The average molecular weight is 279 g/mol. The molecule has 1 aromatic carbocycles. The number of allylic oxidation sites excluding steroid dienone is 1. The van der Waals surface area contributed by atoms with Gasteiger partial charge in [-0.2, -0.15) is 0 Å². The minimum atomic E-state index is -0.987. The van der Waals surface area contributed by atoms with Crippen molar-refractivity contribution in [3.63, 3.8) is 0 Å². The fourth-order valence-corrected chi connectivity index (χ4v) is 1.54. The van der Waals surface area contributed by atoms with Crippen molar-refractivity contribution in [2.24, 2.45) is 0 Å². The number of phenolic OH excluding ortho intramolecular Hbond substituents is 1. The normalized spacial score (nSPS) is 12.7. The Morgan fingerprint density at radius 3 is 2.90 bits per heavy atom. The number of hydrogen-bond donors (Lipinski definition) is 3. The summed E-state index contributed by atoms with van der Waals surface area (Å²) in [5.41, 5.74) is 6.11. The monoisotopic (exact) mass is 279 g/mol. The van der Waals surface area contributed by atoms with E-state index in [1.807, 2.05) is 6.92 Å². The van der Waals surface area contributed by atoms with Crippen LogP contribution in [0.2, 0.25) is 0 Å². The van der Waals surface area contributed by atoms with Crippen LogP contribution in [0.5, 0.6) is 5.75 Å². The van der Waals surface area contributed by atoms with E-state index in [9.17, 15) is 15.0 Å². The number of nitrogens with two attached hydrogens (primary N) is 1. The number of nitrogen functional groups attached to an aromatic ring is 1. The lowest BCUT2D eigenvalue weighted by atomic mass is 10.1. The second kappa shape index (κ2) is 8.35. The largest absolute Gasteiger partial charge is 0.506 e. The van der Waals surface area contributed by atoms with Gasteiger partial charge in [0.1, 0.15) is 5.75 Å². The first-order valence-corrected chi connectivity index (χ1v) is 6.62. The molecule has 0 amide bonds. The van der Waals surface area contributed by atoms with E-state index in [0.717, 1.165) is 12.8 Å². The zero-order valence-corrected chi connectivity index (χ0v) is 11.6. The second-order valence-electron chi connectivity index (χ2n) is 4.44. The fraction of sp³-hybridized carbons (Fsp3) is 0.400. The average Bonchev–Trinajstić information content (AvgIpc) is 2.42. The van der Waals surface area contributed by atoms with Gasteiger partial charge in [0, 0.05) is 12.0 Å². The van der Waals surface area contributed by atoms with Gasteiger partial charge in [-0.05, 0) is 30.7 Å². The Morgan fingerprint density at radius 1 is 1.50 bits per heavy atom. The van der Waals surface area contributed by atoms with Gasteiger partial charge in [0.2, 0.25) is 0 Å². The van der Waals surface area contributed by atoms with Crippen LogP contribution in [0.1, 0.15) is 36.5 Å². The summed E-state index contributed by atoms with van der Waals surface area (Å²) in [6.07, 6.45) is 4.03. The van der Waals surface area contributed by atoms with Gasteiger partial charge in [-0.3, -0.25) is 4.79 Å². The van der Waals surface area contributed by atoms with Crippen LogP contribution in [0.4, 0.5) is 5.69 Å². The summed E-state index contributed by atoms with van der Waals surface area (Å²) in [7, 11) is 0. The number of Topliss-reactive ketones (excluding diaryl/α,β-unsaturated/α-hetero) is 1. The molecule has 110 valence electrons. The predicted octanol–water partition coefficient (Wildman–Crippen LogP) is 2.24. The first-order chi connectivity index (χ1) is 9.54. The van der Waals surface area contributed by atoms with E-state index in [0.29, 0.717) is 12.2 Å². The third-order valence-corrected chi connectivity index (χ3v) is 2.74. The van der Waals surface area contributed by atoms with E-state index in [4.69, 9.17) is 10.5 Å². The molecule has 5 nitrogen and oxygen atoms in total. The van der Waals surface area contributed by atoms with Crippen molar-refractivity contribution in [1.29, 1.82) is 0 Å². The summed E-state index contributed by atoms with van der Waals surface area (Å²) in [6.45, 7) is 2.53. The zero-order valence-electron chi connectivity index (χ0n) is 11.6. The molecule has 0 aliphatic heterocycles. The number of hydrogen-bond acceptors (Lipinski definition) is 5. The van der Waals surface area contributed by atoms with E-state index in [2.05, 4.69) is 0 Å². The molecule has 0 bridgehead atoms. The molecule has 0 saturated heterocycles. The van der Waals surface area contributed by atoms with Crippen molar-refractivity contribution < 1.29 is 19.7 Å². The lowest BCUT2D eigenvalue weighted by Gasteiger charge is -2.06. The number of ketones is 1. The lowest BCUT2D eigenvalue weighted by Crippen LogP contribution is -2.09. The summed E-state index contributed by atoms with van der Waals surface area (Å²) >= 11 is 0.